The first kappa shape index (κ1) is 19.3. The number of para-hydroxylation sites is 2. The van der Waals surface area contributed by atoms with E-state index in [-0.39, 0.29) is 24.0 Å². The molecule has 0 fully saturated rings. The molecule has 3 N–H and O–H groups in total. The van der Waals surface area contributed by atoms with Gasteiger partial charge in [-0.25, -0.2) is 0 Å². The van der Waals surface area contributed by atoms with Gasteiger partial charge < -0.3 is 16.0 Å². The molecule has 0 aliphatic carbocycles. The Morgan fingerprint density at radius 2 is 1.89 bits per heavy atom. The van der Waals surface area contributed by atoms with Gasteiger partial charge in [-0.2, -0.15) is 0 Å². The van der Waals surface area contributed by atoms with Gasteiger partial charge in [0.1, 0.15) is 0 Å². The standard InChI is InChI=1S/C19H19N3O3S2/c20-17(23)11-26-15-7-3-1-5-13(15)21-18(24)9-10-22-14-6-2-4-8-16(14)27-12-19(22)25/h1-8H,9-12H2,(H2,20,23)(H,21,24). The van der Waals surface area contributed by atoms with Crippen molar-refractivity contribution in [1.82, 2.24) is 0 Å². The molecule has 1 aliphatic heterocycles. The maximum Gasteiger partial charge on any atom is 0.237 e. The van der Waals surface area contributed by atoms with Crippen molar-refractivity contribution in [2.24, 2.45) is 5.73 Å². The van der Waals surface area contributed by atoms with Crippen molar-refractivity contribution in [2.75, 3.05) is 28.3 Å². The Balaban J connectivity index is 1.62. The molecule has 2 aromatic carbocycles. The average Bonchev–Trinajstić information content (AvgIpc) is 2.66. The van der Waals surface area contributed by atoms with Crippen LogP contribution in [-0.4, -0.2) is 35.8 Å². The lowest BCUT2D eigenvalue weighted by molar-refractivity contribution is -0.117. The Bertz CT molecular complexity index is 873. The summed E-state index contributed by atoms with van der Waals surface area (Å²) in [6.07, 6.45) is 0.180. The van der Waals surface area contributed by atoms with Crippen LogP contribution < -0.4 is 16.0 Å². The molecular formula is C19H19N3O3S2. The number of carbonyl (C=O) groups excluding carboxylic acids is 3. The highest BCUT2D eigenvalue weighted by atomic mass is 32.2. The highest BCUT2D eigenvalue weighted by molar-refractivity contribution is 8.00. The number of fused-ring (bicyclic) bond motifs is 1. The highest BCUT2D eigenvalue weighted by Crippen LogP contribution is 2.35. The summed E-state index contributed by atoms with van der Waals surface area (Å²) < 4.78 is 0. The van der Waals surface area contributed by atoms with Crippen LogP contribution in [0, 0.1) is 0 Å². The number of thioether (sulfide) groups is 2. The predicted octanol–water partition coefficient (Wildman–Crippen LogP) is 2.73. The molecule has 0 radical (unpaired) electrons. The third-order valence-electron chi connectivity index (χ3n) is 3.90. The molecule has 0 aromatic heterocycles. The summed E-state index contributed by atoms with van der Waals surface area (Å²) in [6, 6.07) is 14.9. The number of anilines is 2. The van der Waals surface area contributed by atoms with Gasteiger partial charge in [-0.15, -0.1) is 23.5 Å². The van der Waals surface area contributed by atoms with Crippen molar-refractivity contribution >= 4 is 52.6 Å². The van der Waals surface area contributed by atoms with Gasteiger partial charge in [0, 0.05) is 22.8 Å². The minimum absolute atomic E-state index is 0.00362. The summed E-state index contributed by atoms with van der Waals surface area (Å²) in [5, 5.41) is 2.86. The van der Waals surface area contributed by atoms with Gasteiger partial charge in [0.2, 0.25) is 17.7 Å². The highest BCUT2D eigenvalue weighted by Gasteiger charge is 2.24. The first-order valence-corrected chi connectivity index (χ1v) is 10.3. The van der Waals surface area contributed by atoms with E-state index in [9.17, 15) is 14.4 Å². The molecule has 8 heteroatoms. The molecule has 2 aromatic rings. The smallest absolute Gasteiger partial charge is 0.237 e. The van der Waals surface area contributed by atoms with Crippen LogP contribution in [0.2, 0.25) is 0 Å². The van der Waals surface area contributed by atoms with Crippen molar-refractivity contribution in [3.05, 3.63) is 48.5 Å². The molecule has 0 unspecified atom stereocenters. The third kappa shape index (κ3) is 5.05. The zero-order chi connectivity index (χ0) is 19.2. The summed E-state index contributed by atoms with van der Waals surface area (Å²) >= 11 is 2.79. The minimum Gasteiger partial charge on any atom is -0.369 e. The number of hydrogen-bond donors (Lipinski definition) is 2. The summed E-state index contributed by atoms with van der Waals surface area (Å²) in [7, 11) is 0. The van der Waals surface area contributed by atoms with E-state index in [0.717, 1.165) is 15.5 Å². The van der Waals surface area contributed by atoms with E-state index in [1.54, 1.807) is 11.0 Å². The normalized spacial score (nSPS) is 13.2. The Hall–Kier alpha value is -2.45. The van der Waals surface area contributed by atoms with E-state index in [1.807, 2.05) is 42.5 Å². The van der Waals surface area contributed by atoms with E-state index >= 15 is 0 Å². The van der Waals surface area contributed by atoms with Crippen LogP contribution in [-0.2, 0) is 14.4 Å². The molecule has 3 amide bonds. The maximum absolute atomic E-state index is 12.4. The maximum atomic E-state index is 12.4. The summed E-state index contributed by atoms with van der Waals surface area (Å²) in [5.74, 6) is -0.0784. The molecule has 6 nitrogen and oxygen atoms in total. The third-order valence-corrected chi connectivity index (χ3v) is 6.05. The Kier molecular flexibility index (Phi) is 6.41. The molecule has 1 aliphatic rings. The van der Waals surface area contributed by atoms with Crippen LogP contribution in [0.25, 0.3) is 0 Å². The lowest BCUT2D eigenvalue weighted by atomic mass is 10.2. The van der Waals surface area contributed by atoms with Gasteiger partial charge in [-0.1, -0.05) is 24.3 Å². The average molecular weight is 402 g/mol. The number of benzene rings is 2. The largest absolute Gasteiger partial charge is 0.369 e. The molecule has 0 saturated carbocycles. The van der Waals surface area contributed by atoms with Gasteiger partial charge >= 0.3 is 0 Å². The second-order valence-corrected chi connectivity index (χ2v) is 7.89. The monoisotopic (exact) mass is 401 g/mol. The fourth-order valence-corrected chi connectivity index (χ4v) is 4.35. The molecule has 3 rings (SSSR count). The van der Waals surface area contributed by atoms with Crippen LogP contribution in [0.3, 0.4) is 0 Å². The SMILES string of the molecule is NC(=O)CSc1ccccc1NC(=O)CCN1C(=O)CSc2ccccc21. The van der Waals surface area contributed by atoms with Gasteiger partial charge in [0.05, 0.1) is 22.9 Å². The number of amides is 3. The topological polar surface area (TPSA) is 92.5 Å². The second kappa shape index (κ2) is 8.96. The van der Waals surface area contributed by atoms with E-state index in [0.29, 0.717) is 18.0 Å². The van der Waals surface area contributed by atoms with Crippen molar-refractivity contribution in [2.45, 2.75) is 16.2 Å². The lowest BCUT2D eigenvalue weighted by Crippen LogP contribution is -2.37. The van der Waals surface area contributed by atoms with Crippen LogP contribution in [0.4, 0.5) is 11.4 Å². The van der Waals surface area contributed by atoms with Gasteiger partial charge in [-0.05, 0) is 24.3 Å². The molecule has 0 atom stereocenters. The Morgan fingerprint density at radius 1 is 1.15 bits per heavy atom. The minimum atomic E-state index is -0.415. The van der Waals surface area contributed by atoms with E-state index in [4.69, 9.17) is 5.73 Å². The molecule has 0 bridgehead atoms. The quantitative estimate of drug-likeness (QED) is 0.696. The fraction of sp³-hybridized carbons (Fsp3) is 0.211. The first-order valence-electron chi connectivity index (χ1n) is 8.37. The molecule has 1 heterocycles. The predicted molar refractivity (Wildman–Crippen MR) is 109 cm³/mol. The first-order chi connectivity index (χ1) is 13.0. The number of carbonyl (C=O) groups is 3. The van der Waals surface area contributed by atoms with Gasteiger partial charge in [0.15, 0.2) is 0 Å². The van der Waals surface area contributed by atoms with E-state index in [2.05, 4.69) is 5.32 Å². The summed E-state index contributed by atoms with van der Waals surface area (Å²) in [6.45, 7) is 0.318. The number of primary amides is 1. The zero-order valence-corrected chi connectivity index (χ0v) is 16.1. The second-order valence-electron chi connectivity index (χ2n) is 5.85. The number of hydrogen-bond acceptors (Lipinski definition) is 5. The van der Waals surface area contributed by atoms with Gasteiger partial charge in [-0.3, -0.25) is 14.4 Å². The van der Waals surface area contributed by atoms with Crippen molar-refractivity contribution in [3.8, 4) is 0 Å². The lowest BCUT2D eigenvalue weighted by Gasteiger charge is -2.28. The molecular weight excluding hydrogens is 382 g/mol. The van der Waals surface area contributed by atoms with Crippen LogP contribution in [0.5, 0.6) is 0 Å². The number of nitrogens with one attached hydrogen (secondary N) is 1. The van der Waals surface area contributed by atoms with E-state index < -0.39 is 5.91 Å². The summed E-state index contributed by atoms with van der Waals surface area (Å²) in [5.41, 5.74) is 6.67. The van der Waals surface area contributed by atoms with Crippen molar-refractivity contribution in [1.29, 1.82) is 0 Å². The van der Waals surface area contributed by atoms with E-state index in [1.165, 1.54) is 23.5 Å². The Morgan fingerprint density at radius 3 is 2.70 bits per heavy atom. The number of nitrogens with zero attached hydrogens (tertiary/aromatic N) is 1. The van der Waals surface area contributed by atoms with Crippen LogP contribution >= 0.6 is 23.5 Å². The molecule has 0 spiro atoms. The van der Waals surface area contributed by atoms with Crippen molar-refractivity contribution in [3.63, 3.8) is 0 Å². The molecule has 140 valence electrons. The summed E-state index contributed by atoms with van der Waals surface area (Å²) in [4.78, 5) is 39.1. The fourth-order valence-electron chi connectivity index (χ4n) is 2.67. The number of nitrogens with two attached hydrogens (primary N) is 1. The zero-order valence-electron chi connectivity index (χ0n) is 14.5. The molecule has 27 heavy (non-hydrogen) atoms. The number of rotatable bonds is 7. The van der Waals surface area contributed by atoms with Crippen LogP contribution in [0.1, 0.15) is 6.42 Å². The molecule has 0 saturated heterocycles. The Labute approximate surface area is 165 Å². The van der Waals surface area contributed by atoms with Crippen LogP contribution in [0.15, 0.2) is 58.3 Å². The van der Waals surface area contributed by atoms with Gasteiger partial charge in [0.25, 0.3) is 0 Å². The van der Waals surface area contributed by atoms with Crippen molar-refractivity contribution < 1.29 is 14.4 Å².